The zero-order valence-corrected chi connectivity index (χ0v) is 12.6. The Morgan fingerprint density at radius 3 is 2.55 bits per heavy atom. The fourth-order valence-electron chi connectivity index (χ4n) is 2.07. The molecule has 1 aromatic heterocycles. The van der Waals surface area contributed by atoms with Gasteiger partial charge in [-0.15, -0.1) is 11.3 Å². The zero-order chi connectivity index (χ0) is 15.5. The average molecular weight is 308 g/mol. The minimum Gasteiger partial charge on any atom is -0.506 e. The van der Waals surface area contributed by atoms with Gasteiger partial charge in [0.1, 0.15) is 28.2 Å². The standard InChI is InChI=1S/C17H12N2O2S/c1-21-12-8-6-11(7-9-12)16(20)13(10-18)17-19-14-4-2-3-5-15(14)22-17/h2-9,20H,1H3/b16-13+. The molecule has 0 bridgehead atoms. The Morgan fingerprint density at radius 2 is 1.91 bits per heavy atom. The molecular weight excluding hydrogens is 296 g/mol. The first kappa shape index (κ1) is 14.1. The number of nitrogens with zero attached hydrogens (tertiary/aromatic N) is 2. The van der Waals surface area contributed by atoms with Crippen molar-refractivity contribution in [3.8, 4) is 11.8 Å². The second kappa shape index (κ2) is 5.88. The molecule has 4 nitrogen and oxygen atoms in total. The molecule has 3 aromatic rings. The third-order valence-electron chi connectivity index (χ3n) is 3.22. The van der Waals surface area contributed by atoms with Gasteiger partial charge in [0, 0.05) is 5.56 Å². The maximum absolute atomic E-state index is 10.4. The third kappa shape index (κ3) is 2.52. The first-order valence-electron chi connectivity index (χ1n) is 6.56. The molecule has 1 heterocycles. The Kier molecular flexibility index (Phi) is 3.77. The minimum absolute atomic E-state index is 0.0794. The Hall–Kier alpha value is -2.84. The van der Waals surface area contributed by atoms with Crippen molar-refractivity contribution in [1.29, 1.82) is 5.26 Å². The van der Waals surface area contributed by atoms with Gasteiger partial charge in [0.05, 0.1) is 17.3 Å². The van der Waals surface area contributed by atoms with Gasteiger partial charge in [0.2, 0.25) is 0 Å². The van der Waals surface area contributed by atoms with Crippen molar-refractivity contribution in [1.82, 2.24) is 4.98 Å². The van der Waals surface area contributed by atoms with Gasteiger partial charge in [-0.05, 0) is 36.4 Å². The van der Waals surface area contributed by atoms with Crippen molar-refractivity contribution in [2.75, 3.05) is 7.11 Å². The molecule has 2 aromatic carbocycles. The lowest BCUT2D eigenvalue weighted by Crippen LogP contribution is -1.90. The maximum Gasteiger partial charge on any atom is 0.143 e. The molecule has 22 heavy (non-hydrogen) atoms. The lowest BCUT2D eigenvalue weighted by Gasteiger charge is -2.04. The number of methoxy groups -OCH3 is 1. The van der Waals surface area contributed by atoms with Crippen LogP contribution in [0.5, 0.6) is 5.75 Å². The Bertz CT molecular complexity index is 856. The van der Waals surface area contributed by atoms with Crippen molar-refractivity contribution in [3.05, 3.63) is 59.1 Å². The Labute approximate surface area is 131 Å². The van der Waals surface area contributed by atoms with Crippen LogP contribution in [0.3, 0.4) is 0 Å². The molecule has 1 N–H and O–H groups in total. The fourth-order valence-corrected chi connectivity index (χ4v) is 3.04. The number of thiazole rings is 1. The first-order valence-corrected chi connectivity index (χ1v) is 7.38. The number of hydrogen-bond donors (Lipinski definition) is 1. The van der Waals surface area contributed by atoms with Crippen LogP contribution in [0.1, 0.15) is 10.6 Å². The largest absolute Gasteiger partial charge is 0.506 e. The van der Waals surface area contributed by atoms with Crippen molar-refractivity contribution in [2.24, 2.45) is 0 Å². The van der Waals surface area contributed by atoms with Crippen molar-refractivity contribution in [3.63, 3.8) is 0 Å². The van der Waals surface area contributed by atoms with E-state index in [-0.39, 0.29) is 11.3 Å². The smallest absolute Gasteiger partial charge is 0.143 e. The Balaban J connectivity index is 2.09. The van der Waals surface area contributed by atoms with Crippen LogP contribution in [-0.2, 0) is 0 Å². The van der Waals surface area contributed by atoms with E-state index in [4.69, 9.17) is 4.74 Å². The summed E-state index contributed by atoms with van der Waals surface area (Å²) in [7, 11) is 1.58. The Morgan fingerprint density at radius 1 is 1.18 bits per heavy atom. The van der Waals surface area contributed by atoms with E-state index < -0.39 is 0 Å². The SMILES string of the molecule is COc1ccc(/C(O)=C(/C#N)c2nc3ccccc3s2)cc1. The molecule has 0 saturated heterocycles. The van der Waals surface area contributed by atoms with E-state index in [0.29, 0.717) is 16.3 Å². The van der Waals surface area contributed by atoms with E-state index in [1.807, 2.05) is 24.3 Å². The molecule has 0 unspecified atom stereocenters. The molecule has 0 spiro atoms. The molecule has 0 saturated carbocycles. The lowest BCUT2D eigenvalue weighted by molar-refractivity contribution is 0.414. The van der Waals surface area contributed by atoms with Crippen LogP contribution in [-0.4, -0.2) is 17.2 Å². The second-order valence-corrected chi connectivity index (χ2v) is 5.58. The first-order chi connectivity index (χ1) is 10.7. The summed E-state index contributed by atoms with van der Waals surface area (Å²) in [6, 6.07) is 16.6. The summed E-state index contributed by atoms with van der Waals surface area (Å²) < 4.78 is 6.07. The molecule has 5 heteroatoms. The monoisotopic (exact) mass is 308 g/mol. The summed E-state index contributed by atoms with van der Waals surface area (Å²) in [4.78, 5) is 4.42. The van der Waals surface area contributed by atoms with Gasteiger partial charge in [0.15, 0.2) is 0 Å². The average Bonchev–Trinajstić information content (AvgIpc) is 2.99. The predicted octanol–water partition coefficient (Wildman–Crippen LogP) is 4.25. The normalized spacial score (nSPS) is 11.8. The van der Waals surface area contributed by atoms with Crippen molar-refractivity contribution >= 4 is 32.9 Å². The number of benzene rings is 2. The summed E-state index contributed by atoms with van der Waals surface area (Å²) >= 11 is 1.38. The van der Waals surface area contributed by atoms with Crippen LogP contribution < -0.4 is 4.74 Å². The van der Waals surface area contributed by atoms with Gasteiger partial charge in [-0.2, -0.15) is 5.26 Å². The van der Waals surface area contributed by atoms with E-state index in [1.165, 1.54) is 11.3 Å². The number of nitriles is 1. The fraction of sp³-hybridized carbons (Fsp3) is 0.0588. The third-order valence-corrected chi connectivity index (χ3v) is 4.27. The zero-order valence-electron chi connectivity index (χ0n) is 11.8. The second-order valence-electron chi connectivity index (χ2n) is 4.55. The molecule has 0 aliphatic carbocycles. The number of hydrogen-bond acceptors (Lipinski definition) is 5. The van der Waals surface area contributed by atoms with Crippen LogP contribution >= 0.6 is 11.3 Å². The van der Waals surface area contributed by atoms with Crippen LogP contribution in [0.4, 0.5) is 0 Å². The molecular formula is C17H12N2O2S. The highest BCUT2D eigenvalue weighted by atomic mass is 32.1. The number of fused-ring (bicyclic) bond motifs is 1. The molecule has 0 amide bonds. The summed E-state index contributed by atoms with van der Waals surface area (Å²) in [5.74, 6) is 0.610. The highest BCUT2D eigenvalue weighted by Gasteiger charge is 2.15. The maximum atomic E-state index is 10.4. The number of para-hydroxylation sites is 1. The lowest BCUT2D eigenvalue weighted by atomic mass is 10.1. The predicted molar refractivity (Wildman–Crippen MR) is 87.7 cm³/mol. The number of rotatable bonds is 3. The van der Waals surface area contributed by atoms with E-state index >= 15 is 0 Å². The molecule has 108 valence electrons. The van der Waals surface area contributed by atoms with Gasteiger partial charge < -0.3 is 9.84 Å². The summed E-state index contributed by atoms with van der Waals surface area (Å²) in [6.07, 6.45) is 0. The highest BCUT2D eigenvalue weighted by molar-refractivity contribution is 7.19. The molecule has 0 fully saturated rings. The van der Waals surface area contributed by atoms with Gasteiger partial charge in [-0.3, -0.25) is 0 Å². The highest BCUT2D eigenvalue weighted by Crippen LogP contribution is 2.31. The number of ether oxygens (including phenoxy) is 1. The van der Waals surface area contributed by atoms with Gasteiger partial charge >= 0.3 is 0 Å². The van der Waals surface area contributed by atoms with Crippen LogP contribution in [0, 0.1) is 11.3 Å². The quantitative estimate of drug-likeness (QED) is 0.580. The number of aliphatic hydroxyl groups excluding tert-OH is 1. The summed E-state index contributed by atoms with van der Waals surface area (Å²) in [6.45, 7) is 0. The van der Waals surface area contributed by atoms with Gasteiger partial charge in [-0.25, -0.2) is 4.98 Å². The van der Waals surface area contributed by atoms with Crippen LogP contribution in [0.15, 0.2) is 48.5 Å². The van der Waals surface area contributed by atoms with Gasteiger partial charge in [-0.1, -0.05) is 12.1 Å². The number of allylic oxidation sites excluding steroid dienone is 1. The molecule has 0 aliphatic heterocycles. The number of aromatic nitrogens is 1. The molecule has 0 radical (unpaired) electrons. The minimum atomic E-state index is -0.0794. The summed E-state index contributed by atoms with van der Waals surface area (Å²) in [5.41, 5.74) is 1.54. The number of aliphatic hydroxyl groups is 1. The molecule has 3 rings (SSSR count). The molecule has 0 atom stereocenters. The van der Waals surface area contributed by atoms with Crippen molar-refractivity contribution < 1.29 is 9.84 Å². The topological polar surface area (TPSA) is 66.1 Å². The summed E-state index contributed by atoms with van der Waals surface area (Å²) in [5, 5.41) is 20.3. The molecule has 0 aliphatic rings. The van der Waals surface area contributed by atoms with Gasteiger partial charge in [0.25, 0.3) is 0 Å². The van der Waals surface area contributed by atoms with E-state index in [0.717, 1.165) is 10.2 Å². The van der Waals surface area contributed by atoms with Crippen molar-refractivity contribution in [2.45, 2.75) is 0 Å². The van der Waals surface area contributed by atoms with Crippen LogP contribution in [0.25, 0.3) is 21.5 Å². The van der Waals surface area contributed by atoms with Crippen LogP contribution in [0.2, 0.25) is 0 Å². The van der Waals surface area contributed by atoms with E-state index in [1.54, 1.807) is 31.4 Å². The van der Waals surface area contributed by atoms with E-state index in [9.17, 15) is 10.4 Å². The van der Waals surface area contributed by atoms with E-state index in [2.05, 4.69) is 11.1 Å².